The van der Waals surface area contributed by atoms with Gasteiger partial charge in [-0.3, -0.25) is 9.00 Å². The molecular formula is C11H15ClN2O2S. The third kappa shape index (κ3) is 4.02. The quantitative estimate of drug-likeness (QED) is 0.801. The number of nitrogens with one attached hydrogen (secondary N) is 1. The Balaban J connectivity index is 2.73. The van der Waals surface area contributed by atoms with Crippen LogP contribution in [-0.4, -0.2) is 22.4 Å². The number of hydrogen-bond donors (Lipinski definition) is 2. The summed E-state index contributed by atoms with van der Waals surface area (Å²) in [5.74, 6) is -0.377. The summed E-state index contributed by atoms with van der Waals surface area (Å²) in [6.07, 6.45) is 0.840. The van der Waals surface area contributed by atoms with E-state index < -0.39 is 10.8 Å². The van der Waals surface area contributed by atoms with Crippen LogP contribution < -0.4 is 11.1 Å². The van der Waals surface area contributed by atoms with Gasteiger partial charge in [0.15, 0.2) is 0 Å². The molecule has 4 nitrogen and oxygen atoms in total. The Morgan fingerprint density at radius 2 is 2.24 bits per heavy atom. The Morgan fingerprint density at radius 1 is 1.53 bits per heavy atom. The van der Waals surface area contributed by atoms with Gasteiger partial charge in [-0.05, 0) is 18.6 Å². The largest absolute Gasteiger partial charge is 0.398 e. The van der Waals surface area contributed by atoms with Crippen molar-refractivity contribution < 1.29 is 9.00 Å². The Kier molecular flexibility index (Phi) is 5.44. The maximum absolute atomic E-state index is 11.9. The lowest BCUT2D eigenvalue weighted by molar-refractivity contribution is -0.118. The molecule has 0 bridgehead atoms. The second-order valence-electron chi connectivity index (χ2n) is 3.50. The number of hydrogen-bond acceptors (Lipinski definition) is 3. The predicted molar refractivity (Wildman–Crippen MR) is 70.4 cm³/mol. The van der Waals surface area contributed by atoms with E-state index in [1.54, 1.807) is 18.2 Å². The van der Waals surface area contributed by atoms with E-state index in [9.17, 15) is 9.00 Å². The standard InChI is InChI=1S/C11H15ClN2O2S/c1-2-6-14-10(15)7-17(16)11-8(12)4-3-5-9(11)13/h3-5H,2,6-7,13H2,1H3,(H,14,15). The first-order valence-corrected chi connectivity index (χ1v) is 6.95. The number of halogens is 1. The molecule has 94 valence electrons. The lowest BCUT2D eigenvalue weighted by Crippen LogP contribution is -2.29. The molecule has 1 aromatic rings. The highest BCUT2D eigenvalue weighted by Crippen LogP contribution is 2.25. The SMILES string of the molecule is CCCNC(=O)CS(=O)c1c(N)cccc1Cl. The molecule has 1 aromatic carbocycles. The minimum Gasteiger partial charge on any atom is -0.398 e. The summed E-state index contributed by atoms with van der Waals surface area (Å²) in [5.41, 5.74) is 6.04. The highest BCUT2D eigenvalue weighted by atomic mass is 35.5. The molecule has 0 radical (unpaired) electrons. The number of nitrogen functional groups attached to an aromatic ring is 1. The maximum Gasteiger partial charge on any atom is 0.233 e. The van der Waals surface area contributed by atoms with Crippen LogP contribution in [-0.2, 0) is 15.6 Å². The molecular weight excluding hydrogens is 260 g/mol. The maximum atomic E-state index is 11.9. The molecule has 0 saturated heterocycles. The van der Waals surface area contributed by atoms with Crippen LogP contribution in [0.5, 0.6) is 0 Å². The van der Waals surface area contributed by atoms with Crippen molar-refractivity contribution in [1.82, 2.24) is 5.32 Å². The van der Waals surface area contributed by atoms with Gasteiger partial charge in [0.2, 0.25) is 5.91 Å². The average molecular weight is 275 g/mol. The molecule has 17 heavy (non-hydrogen) atoms. The molecule has 1 amide bonds. The Bertz CT molecular complexity index is 417. The summed E-state index contributed by atoms with van der Waals surface area (Å²) in [4.78, 5) is 11.8. The number of anilines is 1. The van der Waals surface area contributed by atoms with E-state index in [1.807, 2.05) is 6.92 Å². The zero-order chi connectivity index (χ0) is 12.8. The van der Waals surface area contributed by atoms with Gasteiger partial charge in [0.1, 0.15) is 5.75 Å². The van der Waals surface area contributed by atoms with Crippen LogP contribution in [0.25, 0.3) is 0 Å². The van der Waals surface area contributed by atoms with Crippen LogP contribution in [0.3, 0.4) is 0 Å². The minimum atomic E-state index is -1.51. The molecule has 0 aliphatic heterocycles. The van der Waals surface area contributed by atoms with Crippen molar-refractivity contribution in [3.05, 3.63) is 23.2 Å². The third-order valence-corrected chi connectivity index (χ3v) is 3.92. The van der Waals surface area contributed by atoms with Gasteiger partial charge in [-0.2, -0.15) is 0 Å². The van der Waals surface area contributed by atoms with Crippen molar-refractivity contribution in [3.63, 3.8) is 0 Å². The Labute approximate surface area is 108 Å². The number of rotatable bonds is 5. The molecule has 3 N–H and O–H groups in total. The minimum absolute atomic E-state index is 0.117. The van der Waals surface area contributed by atoms with Gasteiger partial charge >= 0.3 is 0 Å². The summed E-state index contributed by atoms with van der Waals surface area (Å²) in [5, 5.41) is 2.98. The monoisotopic (exact) mass is 274 g/mol. The molecule has 0 aromatic heterocycles. The van der Waals surface area contributed by atoms with Gasteiger partial charge in [-0.1, -0.05) is 24.6 Å². The van der Waals surface area contributed by atoms with Crippen LogP contribution in [0, 0.1) is 0 Å². The van der Waals surface area contributed by atoms with E-state index in [0.29, 0.717) is 22.2 Å². The highest BCUT2D eigenvalue weighted by Gasteiger charge is 2.15. The second kappa shape index (κ2) is 6.61. The molecule has 0 fully saturated rings. The van der Waals surface area contributed by atoms with Crippen LogP contribution in [0.2, 0.25) is 5.02 Å². The summed E-state index contributed by atoms with van der Waals surface area (Å²) in [6.45, 7) is 2.53. The second-order valence-corrected chi connectivity index (χ2v) is 5.29. The number of amides is 1. The summed E-state index contributed by atoms with van der Waals surface area (Å²) in [6, 6.07) is 4.90. The van der Waals surface area contributed by atoms with Crippen molar-refractivity contribution in [2.24, 2.45) is 0 Å². The first-order chi connectivity index (χ1) is 8.06. The fourth-order valence-electron chi connectivity index (χ4n) is 1.27. The predicted octanol–water partition coefficient (Wildman–Crippen LogP) is 1.56. The van der Waals surface area contributed by atoms with Gasteiger partial charge < -0.3 is 11.1 Å². The van der Waals surface area contributed by atoms with Gasteiger partial charge in [-0.25, -0.2) is 0 Å². The number of benzene rings is 1. The van der Waals surface area contributed by atoms with Gasteiger partial charge in [-0.15, -0.1) is 0 Å². The molecule has 0 heterocycles. The van der Waals surface area contributed by atoms with E-state index >= 15 is 0 Å². The highest BCUT2D eigenvalue weighted by molar-refractivity contribution is 7.86. The zero-order valence-electron chi connectivity index (χ0n) is 9.53. The topological polar surface area (TPSA) is 72.2 Å². The van der Waals surface area contributed by atoms with E-state index in [-0.39, 0.29) is 11.7 Å². The molecule has 1 rings (SSSR count). The van der Waals surface area contributed by atoms with Crippen LogP contribution in [0.1, 0.15) is 13.3 Å². The van der Waals surface area contributed by atoms with Crippen molar-refractivity contribution in [2.75, 3.05) is 18.0 Å². The number of carbonyl (C=O) groups is 1. The van der Waals surface area contributed by atoms with Crippen molar-refractivity contribution in [2.45, 2.75) is 18.2 Å². The van der Waals surface area contributed by atoms with E-state index in [2.05, 4.69) is 5.32 Å². The lowest BCUT2D eigenvalue weighted by Gasteiger charge is -2.08. The van der Waals surface area contributed by atoms with E-state index in [4.69, 9.17) is 17.3 Å². The van der Waals surface area contributed by atoms with Crippen LogP contribution in [0.4, 0.5) is 5.69 Å². The van der Waals surface area contributed by atoms with E-state index in [1.165, 1.54) is 0 Å². The average Bonchev–Trinajstić information content (AvgIpc) is 2.26. The molecule has 0 aliphatic carbocycles. The fourth-order valence-corrected chi connectivity index (χ4v) is 2.81. The van der Waals surface area contributed by atoms with E-state index in [0.717, 1.165) is 6.42 Å². The number of nitrogens with two attached hydrogens (primary N) is 1. The molecule has 0 spiro atoms. The van der Waals surface area contributed by atoms with Crippen molar-refractivity contribution >= 4 is 34.0 Å². The van der Waals surface area contributed by atoms with Crippen molar-refractivity contribution in [3.8, 4) is 0 Å². The number of carbonyl (C=O) groups excluding carboxylic acids is 1. The molecule has 0 aliphatic rings. The molecule has 1 unspecified atom stereocenters. The normalized spacial score (nSPS) is 12.1. The molecule has 1 atom stereocenters. The first-order valence-electron chi connectivity index (χ1n) is 5.25. The third-order valence-electron chi connectivity index (χ3n) is 2.06. The summed E-state index contributed by atoms with van der Waals surface area (Å²) >= 11 is 5.91. The van der Waals surface area contributed by atoms with Gasteiger partial charge in [0, 0.05) is 12.2 Å². The summed E-state index contributed by atoms with van der Waals surface area (Å²) < 4.78 is 11.9. The lowest BCUT2D eigenvalue weighted by atomic mass is 10.3. The zero-order valence-corrected chi connectivity index (χ0v) is 11.1. The fraction of sp³-hybridized carbons (Fsp3) is 0.364. The Morgan fingerprint density at radius 3 is 2.82 bits per heavy atom. The Hall–Kier alpha value is -1.07. The van der Waals surface area contributed by atoms with Crippen molar-refractivity contribution in [1.29, 1.82) is 0 Å². The summed E-state index contributed by atoms with van der Waals surface area (Å²) in [7, 11) is -1.51. The first kappa shape index (κ1) is 14.0. The van der Waals surface area contributed by atoms with Crippen LogP contribution in [0.15, 0.2) is 23.1 Å². The molecule has 0 saturated carbocycles. The van der Waals surface area contributed by atoms with Gasteiger partial charge in [0.25, 0.3) is 0 Å². The smallest absolute Gasteiger partial charge is 0.233 e. The molecule has 6 heteroatoms. The van der Waals surface area contributed by atoms with Gasteiger partial charge in [0.05, 0.1) is 20.7 Å². The van der Waals surface area contributed by atoms with Crippen LogP contribution >= 0.6 is 11.6 Å².